The minimum Gasteiger partial charge on any atom is -0.480 e. The molecule has 6 nitrogen and oxygen atoms in total. The maximum Gasteiger partial charge on any atom is 0.325 e. The molecular weight excluding hydrogens is 356 g/mol. The molecule has 0 saturated carbocycles. The number of carboxylic acids is 1. The Morgan fingerprint density at radius 1 is 0.840 bits per heavy atom. The van der Waals surface area contributed by atoms with Gasteiger partial charge in [0.15, 0.2) is 0 Å². The summed E-state index contributed by atoms with van der Waals surface area (Å²) >= 11 is 0. The minimum atomic E-state index is -1.29. The molecule has 1 amide bonds. The number of primary amides is 1. The van der Waals surface area contributed by atoms with Gasteiger partial charge in [-0.25, -0.2) is 8.78 Å². The Kier molecular flexibility index (Phi) is 9.29. The smallest absolute Gasteiger partial charge is 0.325 e. The summed E-state index contributed by atoms with van der Waals surface area (Å²) in [5.41, 5.74) is 15.6. The zero-order valence-electron chi connectivity index (χ0n) is 12.9. The van der Waals surface area contributed by atoms with E-state index in [2.05, 4.69) is 0 Å². The van der Waals surface area contributed by atoms with E-state index in [9.17, 15) is 18.4 Å². The molecule has 136 valence electrons. The summed E-state index contributed by atoms with van der Waals surface area (Å²) in [6.07, 6.45) is 0. The molecule has 2 aromatic carbocycles. The van der Waals surface area contributed by atoms with Gasteiger partial charge >= 0.3 is 5.97 Å². The molecule has 0 spiro atoms. The number of halogens is 3. The average molecular weight is 374 g/mol. The van der Waals surface area contributed by atoms with Gasteiger partial charge in [-0.15, -0.1) is 12.4 Å². The molecule has 0 fully saturated rings. The van der Waals surface area contributed by atoms with E-state index in [1.54, 1.807) is 12.1 Å². The summed E-state index contributed by atoms with van der Waals surface area (Å²) in [5, 5.41) is 8.47. The van der Waals surface area contributed by atoms with Crippen molar-refractivity contribution in [1.82, 2.24) is 0 Å². The standard InChI is InChI=1S/C8H9FN2O.C8H8FNO2.ClH/c2*9-6-4-2-1-3-5(6)7(10)8(11)12;/h1-4,7H,10H2,(H2,11,12);1-4,7H,10H2,(H,11,12);1H. The highest BCUT2D eigenvalue weighted by Crippen LogP contribution is 2.14. The monoisotopic (exact) mass is 373 g/mol. The van der Waals surface area contributed by atoms with Gasteiger partial charge in [0.1, 0.15) is 23.7 Å². The number of amides is 1. The summed E-state index contributed by atoms with van der Waals surface area (Å²) in [7, 11) is 0. The normalized spacial score (nSPS) is 12.0. The van der Waals surface area contributed by atoms with Gasteiger partial charge in [0.25, 0.3) is 0 Å². The Labute approximate surface area is 149 Å². The summed E-state index contributed by atoms with van der Waals surface area (Å²) in [5.74, 6) is -3.07. The van der Waals surface area contributed by atoms with Crippen molar-refractivity contribution in [2.75, 3.05) is 0 Å². The zero-order valence-corrected chi connectivity index (χ0v) is 13.7. The van der Waals surface area contributed by atoms with Crippen LogP contribution in [0.3, 0.4) is 0 Å². The van der Waals surface area contributed by atoms with Crippen molar-refractivity contribution in [2.24, 2.45) is 17.2 Å². The van der Waals surface area contributed by atoms with Crippen LogP contribution in [0.2, 0.25) is 0 Å². The first-order valence-corrected chi connectivity index (χ1v) is 6.77. The summed E-state index contributed by atoms with van der Waals surface area (Å²) in [6, 6.07) is 9.00. The maximum absolute atomic E-state index is 12.9. The third kappa shape index (κ3) is 6.46. The first-order chi connectivity index (χ1) is 11.3. The van der Waals surface area contributed by atoms with Crippen molar-refractivity contribution in [3.63, 3.8) is 0 Å². The van der Waals surface area contributed by atoms with Gasteiger partial charge in [-0.1, -0.05) is 36.4 Å². The fourth-order valence-corrected chi connectivity index (χ4v) is 1.74. The number of aliphatic carboxylic acids is 1. The topological polar surface area (TPSA) is 132 Å². The lowest BCUT2D eigenvalue weighted by molar-refractivity contribution is -0.138. The highest BCUT2D eigenvalue weighted by molar-refractivity contribution is 5.85. The molecule has 2 unspecified atom stereocenters. The zero-order chi connectivity index (χ0) is 18.3. The minimum absolute atomic E-state index is 0. The second kappa shape index (κ2) is 10.3. The van der Waals surface area contributed by atoms with Gasteiger partial charge in [0.05, 0.1) is 0 Å². The van der Waals surface area contributed by atoms with E-state index in [1.165, 1.54) is 36.4 Å². The highest BCUT2D eigenvalue weighted by Gasteiger charge is 2.17. The lowest BCUT2D eigenvalue weighted by Gasteiger charge is -2.07. The molecule has 2 aromatic rings. The molecule has 9 heteroatoms. The lowest BCUT2D eigenvalue weighted by Crippen LogP contribution is -2.28. The molecule has 0 saturated heterocycles. The van der Waals surface area contributed by atoms with Crippen LogP contribution in [0.5, 0.6) is 0 Å². The molecular formula is C16H18ClF2N3O3. The summed E-state index contributed by atoms with van der Waals surface area (Å²) < 4.78 is 25.8. The largest absolute Gasteiger partial charge is 0.480 e. The van der Waals surface area contributed by atoms with Gasteiger partial charge in [-0.05, 0) is 12.1 Å². The molecule has 0 heterocycles. The third-order valence-corrected chi connectivity index (χ3v) is 3.05. The van der Waals surface area contributed by atoms with Crippen LogP contribution >= 0.6 is 12.4 Å². The highest BCUT2D eigenvalue weighted by atomic mass is 35.5. The number of carbonyl (C=O) groups excluding carboxylic acids is 1. The molecule has 7 N–H and O–H groups in total. The number of carbonyl (C=O) groups is 2. The van der Waals surface area contributed by atoms with Crippen LogP contribution in [0.1, 0.15) is 23.2 Å². The second-order valence-electron chi connectivity index (χ2n) is 4.74. The first kappa shape index (κ1) is 22.4. The van der Waals surface area contributed by atoms with E-state index in [0.29, 0.717) is 0 Å². The fourth-order valence-electron chi connectivity index (χ4n) is 1.74. The second-order valence-corrected chi connectivity index (χ2v) is 4.74. The SMILES string of the molecule is Cl.NC(=O)C(N)c1ccccc1F.NC(C(=O)O)c1ccccc1F. The van der Waals surface area contributed by atoms with Crippen LogP contribution in [0.15, 0.2) is 48.5 Å². The summed E-state index contributed by atoms with van der Waals surface area (Å²) in [4.78, 5) is 20.9. The third-order valence-electron chi connectivity index (χ3n) is 3.05. The van der Waals surface area contributed by atoms with E-state index < -0.39 is 35.6 Å². The average Bonchev–Trinajstić information content (AvgIpc) is 2.55. The van der Waals surface area contributed by atoms with Crippen molar-refractivity contribution in [3.05, 3.63) is 71.3 Å². The molecule has 2 atom stereocenters. The van der Waals surface area contributed by atoms with Crippen LogP contribution in [0.4, 0.5) is 8.78 Å². The molecule has 0 aliphatic rings. The predicted molar refractivity (Wildman–Crippen MR) is 90.7 cm³/mol. The molecule has 0 aromatic heterocycles. The molecule has 25 heavy (non-hydrogen) atoms. The van der Waals surface area contributed by atoms with E-state index in [0.717, 1.165) is 0 Å². The van der Waals surface area contributed by atoms with E-state index in [4.69, 9.17) is 22.3 Å². The Balaban J connectivity index is 0.000000443. The Bertz CT molecular complexity index is 670. The van der Waals surface area contributed by atoms with Gasteiger partial charge in [0.2, 0.25) is 5.91 Å². The first-order valence-electron chi connectivity index (χ1n) is 6.77. The maximum atomic E-state index is 12.9. The molecule has 0 bridgehead atoms. The van der Waals surface area contributed by atoms with Crippen molar-refractivity contribution < 1.29 is 23.5 Å². The Morgan fingerprint density at radius 2 is 1.20 bits per heavy atom. The van der Waals surface area contributed by atoms with Crippen LogP contribution in [0, 0.1) is 11.6 Å². The van der Waals surface area contributed by atoms with Gasteiger partial charge in [-0.3, -0.25) is 9.59 Å². The number of hydrogen-bond donors (Lipinski definition) is 4. The van der Waals surface area contributed by atoms with Crippen LogP contribution in [-0.2, 0) is 9.59 Å². The predicted octanol–water partition coefficient (Wildman–Crippen LogP) is 1.64. The number of nitrogens with two attached hydrogens (primary N) is 3. The van der Waals surface area contributed by atoms with Crippen LogP contribution in [-0.4, -0.2) is 17.0 Å². The van der Waals surface area contributed by atoms with Gasteiger partial charge < -0.3 is 22.3 Å². The van der Waals surface area contributed by atoms with Crippen molar-refractivity contribution >= 4 is 24.3 Å². The Morgan fingerprint density at radius 3 is 1.52 bits per heavy atom. The molecule has 0 radical (unpaired) electrons. The van der Waals surface area contributed by atoms with E-state index in [-0.39, 0.29) is 23.5 Å². The van der Waals surface area contributed by atoms with Crippen LogP contribution in [0.25, 0.3) is 0 Å². The van der Waals surface area contributed by atoms with Crippen molar-refractivity contribution in [3.8, 4) is 0 Å². The number of hydrogen-bond acceptors (Lipinski definition) is 4. The number of rotatable bonds is 4. The van der Waals surface area contributed by atoms with Crippen molar-refractivity contribution in [2.45, 2.75) is 12.1 Å². The lowest BCUT2D eigenvalue weighted by atomic mass is 10.1. The van der Waals surface area contributed by atoms with E-state index in [1.807, 2.05) is 0 Å². The molecule has 0 aliphatic carbocycles. The van der Waals surface area contributed by atoms with E-state index >= 15 is 0 Å². The van der Waals surface area contributed by atoms with Gasteiger partial charge in [-0.2, -0.15) is 0 Å². The Hall–Kier alpha value is -2.55. The van der Waals surface area contributed by atoms with Crippen molar-refractivity contribution in [1.29, 1.82) is 0 Å². The molecule has 2 rings (SSSR count). The molecule has 0 aliphatic heterocycles. The number of benzene rings is 2. The number of carboxylic acid groups (broad SMARTS) is 1. The van der Waals surface area contributed by atoms with Gasteiger partial charge in [0, 0.05) is 11.1 Å². The summed E-state index contributed by atoms with van der Waals surface area (Å²) in [6.45, 7) is 0. The quantitative estimate of drug-likeness (QED) is 0.646. The van der Waals surface area contributed by atoms with Crippen LogP contribution < -0.4 is 17.2 Å². The fraction of sp³-hybridized carbons (Fsp3) is 0.125.